The highest BCUT2D eigenvalue weighted by molar-refractivity contribution is 7.08. The number of rotatable bonds is 3. The van der Waals surface area contributed by atoms with Crippen LogP contribution in [0.25, 0.3) is 0 Å². The first-order chi connectivity index (χ1) is 9.78. The van der Waals surface area contributed by atoms with E-state index in [-0.39, 0.29) is 0 Å². The summed E-state index contributed by atoms with van der Waals surface area (Å²) >= 11 is 3.36. The van der Waals surface area contributed by atoms with Gasteiger partial charge in [-0.2, -0.15) is 22.7 Å². The van der Waals surface area contributed by atoms with Crippen molar-refractivity contribution < 1.29 is 5.11 Å². The van der Waals surface area contributed by atoms with Gasteiger partial charge in [0.15, 0.2) is 0 Å². The van der Waals surface area contributed by atoms with Crippen molar-refractivity contribution in [3.8, 4) is 0 Å². The van der Waals surface area contributed by atoms with Crippen LogP contribution in [0.5, 0.6) is 0 Å². The molecule has 106 valence electrons. The monoisotopic (exact) mass is 305 g/mol. The van der Waals surface area contributed by atoms with Gasteiger partial charge in [0.25, 0.3) is 0 Å². The Morgan fingerprint density at radius 1 is 1.05 bits per heavy atom. The van der Waals surface area contributed by atoms with E-state index in [0.29, 0.717) is 11.8 Å². The average Bonchev–Trinajstić information content (AvgIpc) is 3.21. The first-order valence-corrected chi connectivity index (χ1v) is 9.17. The van der Waals surface area contributed by atoms with E-state index in [2.05, 4.69) is 38.6 Å². The molecule has 2 bridgehead atoms. The maximum atomic E-state index is 11.7. The maximum Gasteiger partial charge on any atom is 0.120 e. The van der Waals surface area contributed by atoms with Crippen LogP contribution < -0.4 is 0 Å². The highest BCUT2D eigenvalue weighted by atomic mass is 32.1. The molecule has 0 spiro atoms. The van der Waals surface area contributed by atoms with Crippen LogP contribution in [0.4, 0.5) is 0 Å². The van der Waals surface area contributed by atoms with Crippen molar-refractivity contribution in [3.05, 3.63) is 44.8 Å². The van der Waals surface area contributed by atoms with Crippen molar-refractivity contribution in [3.63, 3.8) is 0 Å². The second kappa shape index (κ2) is 4.95. The van der Waals surface area contributed by atoms with Crippen molar-refractivity contribution >= 4 is 22.7 Å². The highest BCUT2D eigenvalue weighted by Crippen LogP contribution is 2.47. The van der Waals surface area contributed by atoms with Gasteiger partial charge in [0.1, 0.15) is 5.60 Å². The topological polar surface area (TPSA) is 23.5 Å². The van der Waals surface area contributed by atoms with E-state index in [1.807, 2.05) is 0 Å². The van der Waals surface area contributed by atoms with Crippen molar-refractivity contribution in [2.75, 3.05) is 19.6 Å². The summed E-state index contributed by atoms with van der Waals surface area (Å²) in [6.07, 6.45) is 2.47. The summed E-state index contributed by atoms with van der Waals surface area (Å²) < 4.78 is 0. The van der Waals surface area contributed by atoms with E-state index in [1.54, 1.807) is 22.7 Å². The summed E-state index contributed by atoms with van der Waals surface area (Å²) in [5.74, 6) is 0.985. The third-order valence-electron chi connectivity index (χ3n) is 5.12. The standard InChI is InChI=1S/C16H19NOS2/c18-16(13-3-7-19-10-13,14-4-8-20-11-14)15-9-17-5-1-12(15)2-6-17/h3-4,7-8,10-12,15,18H,1-2,5-6,9H2. The van der Waals surface area contributed by atoms with E-state index >= 15 is 0 Å². The van der Waals surface area contributed by atoms with Gasteiger partial charge in [-0.05, 0) is 76.6 Å². The fourth-order valence-corrected chi connectivity index (χ4v) is 5.41. The van der Waals surface area contributed by atoms with Gasteiger partial charge in [-0.25, -0.2) is 0 Å². The molecule has 2 aromatic heterocycles. The van der Waals surface area contributed by atoms with Crippen LogP contribution in [0.3, 0.4) is 0 Å². The van der Waals surface area contributed by atoms with Crippen LogP contribution in [-0.2, 0) is 5.60 Å². The molecule has 3 aliphatic heterocycles. The van der Waals surface area contributed by atoms with Crippen molar-refractivity contribution in [1.29, 1.82) is 0 Å². The van der Waals surface area contributed by atoms with E-state index in [1.165, 1.54) is 25.9 Å². The lowest BCUT2D eigenvalue weighted by Crippen LogP contribution is -2.55. The van der Waals surface area contributed by atoms with Gasteiger partial charge in [0, 0.05) is 12.5 Å². The number of aliphatic hydroxyl groups is 1. The number of piperidine rings is 3. The maximum absolute atomic E-state index is 11.7. The number of hydrogen-bond donors (Lipinski definition) is 1. The van der Waals surface area contributed by atoms with Crippen molar-refractivity contribution in [2.45, 2.75) is 18.4 Å². The van der Waals surface area contributed by atoms with Gasteiger partial charge < -0.3 is 10.0 Å². The van der Waals surface area contributed by atoms with Crippen LogP contribution in [-0.4, -0.2) is 29.6 Å². The Bertz CT molecular complexity index is 521. The molecule has 3 fully saturated rings. The zero-order valence-electron chi connectivity index (χ0n) is 11.4. The molecule has 0 saturated carbocycles. The Labute approximate surface area is 127 Å². The van der Waals surface area contributed by atoms with E-state index in [9.17, 15) is 5.11 Å². The predicted octanol–water partition coefficient (Wildman–Crippen LogP) is 3.39. The smallest absolute Gasteiger partial charge is 0.120 e. The lowest BCUT2D eigenvalue weighted by molar-refractivity contribution is -0.0760. The second-order valence-electron chi connectivity index (χ2n) is 6.03. The summed E-state index contributed by atoms with van der Waals surface area (Å²) in [5.41, 5.74) is 1.36. The second-order valence-corrected chi connectivity index (χ2v) is 7.60. The lowest BCUT2D eigenvalue weighted by atomic mass is 9.66. The fourth-order valence-electron chi connectivity index (χ4n) is 4.00. The largest absolute Gasteiger partial charge is 0.380 e. The van der Waals surface area contributed by atoms with Crippen LogP contribution >= 0.6 is 22.7 Å². The minimum atomic E-state index is -0.802. The predicted molar refractivity (Wildman–Crippen MR) is 84.3 cm³/mol. The highest BCUT2D eigenvalue weighted by Gasteiger charge is 2.48. The average molecular weight is 305 g/mol. The summed E-state index contributed by atoms with van der Waals surface area (Å²) in [4.78, 5) is 2.52. The van der Waals surface area contributed by atoms with E-state index in [4.69, 9.17) is 0 Å². The molecule has 20 heavy (non-hydrogen) atoms. The molecule has 1 N–H and O–H groups in total. The summed E-state index contributed by atoms with van der Waals surface area (Å²) in [6, 6.07) is 4.19. The minimum Gasteiger partial charge on any atom is -0.380 e. The molecule has 1 unspecified atom stereocenters. The lowest BCUT2D eigenvalue weighted by Gasteiger charge is -2.51. The number of nitrogens with zero attached hydrogens (tertiary/aromatic N) is 1. The third kappa shape index (κ3) is 1.90. The van der Waals surface area contributed by atoms with Crippen LogP contribution in [0.1, 0.15) is 24.0 Å². The van der Waals surface area contributed by atoms with Crippen molar-refractivity contribution in [2.24, 2.45) is 11.8 Å². The first-order valence-electron chi connectivity index (χ1n) is 7.28. The molecule has 4 heteroatoms. The molecular formula is C16H19NOS2. The molecule has 2 aromatic rings. The number of hydrogen-bond acceptors (Lipinski definition) is 4. The molecule has 1 atom stereocenters. The van der Waals surface area contributed by atoms with Crippen LogP contribution in [0.15, 0.2) is 33.7 Å². The van der Waals surface area contributed by atoms with Crippen LogP contribution in [0, 0.1) is 11.8 Å². The van der Waals surface area contributed by atoms with Gasteiger partial charge in [0.05, 0.1) is 0 Å². The van der Waals surface area contributed by atoms with Gasteiger partial charge in [-0.3, -0.25) is 0 Å². The molecule has 0 aromatic carbocycles. The van der Waals surface area contributed by atoms with E-state index in [0.717, 1.165) is 17.7 Å². The zero-order valence-corrected chi connectivity index (χ0v) is 13.0. The Kier molecular flexibility index (Phi) is 3.22. The first kappa shape index (κ1) is 13.0. The Hall–Kier alpha value is -0.680. The molecule has 3 aliphatic rings. The quantitative estimate of drug-likeness (QED) is 0.939. The molecule has 3 saturated heterocycles. The number of fused-ring (bicyclic) bond motifs is 3. The molecule has 2 nitrogen and oxygen atoms in total. The van der Waals surface area contributed by atoms with Gasteiger partial charge in [-0.15, -0.1) is 0 Å². The summed E-state index contributed by atoms with van der Waals surface area (Å²) in [7, 11) is 0. The van der Waals surface area contributed by atoms with Gasteiger partial charge >= 0.3 is 0 Å². The fraction of sp³-hybridized carbons (Fsp3) is 0.500. The van der Waals surface area contributed by atoms with E-state index < -0.39 is 5.60 Å². The molecule has 0 radical (unpaired) electrons. The summed E-state index contributed by atoms with van der Waals surface area (Å²) in [5, 5.41) is 20.1. The Morgan fingerprint density at radius 2 is 1.65 bits per heavy atom. The van der Waals surface area contributed by atoms with Crippen LogP contribution in [0.2, 0.25) is 0 Å². The Balaban J connectivity index is 1.80. The summed E-state index contributed by atoms with van der Waals surface area (Å²) in [6.45, 7) is 3.46. The zero-order chi connectivity index (χ0) is 13.6. The minimum absolute atomic E-state index is 0.328. The van der Waals surface area contributed by atoms with Gasteiger partial charge in [0.2, 0.25) is 0 Å². The molecule has 5 heterocycles. The normalized spacial score (nSPS) is 29.8. The van der Waals surface area contributed by atoms with Gasteiger partial charge in [-0.1, -0.05) is 0 Å². The SMILES string of the molecule is OC(c1ccsc1)(c1ccsc1)C1CN2CCC1CC2. The molecule has 0 amide bonds. The molecular weight excluding hydrogens is 286 g/mol. The third-order valence-corrected chi connectivity index (χ3v) is 6.48. The Morgan fingerprint density at radius 3 is 2.05 bits per heavy atom. The van der Waals surface area contributed by atoms with Crippen molar-refractivity contribution in [1.82, 2.24) is 4.90 Å². The molecule has 5 rings (SSSR count). The molecule has 0 aliphatic carbocycles. The number of thiophene rings is 2.